The molecule has 0 amide bonds. The minimum atomic E-state index is -0.378. The zero-order valence-electron chi connectivity index (χ0n) is 13.6. The second-order valence-corrected chi connectivity index (χ2v) is 6.80. The van der Waals surface area contributed by atoms with E-state index in [4.69, 9.17) is 15.0 Å². The zero-order chi connectivity index (χ0) is 16.0. The fourth-order valence-electron chi connectivity index (χ4n) is 2.59. The highest BCUT2D eigenvalue weighted by Crippen LogP contribution is 2.37. The highest BCUT2D eigenvalue weighted by molar-refractivity contribution is 6.62. The molecule has 0 aliphatic carbocycles. The first-order valence-corrected chi connectivity index (χ1v) is 7.61. The van der Waals surface area contributed by atoms with E-state index >= 15 is 0 Å². The molecule has 0 aromatic heterocycles. The highest BCUT2D eigenvalue weighted by Gasteiger charge is 2.51. The van der Waals surface area contributed by atoms with Crippen molar-refractivity contribution in [1.82, 2.24) is 0 Å². The molecule has 2 aromatic rings. The molecule has 0 atom stereocenters. The molecule has 0 unspecified atom stereocenters. The van der Waals surface area contributed by atoms with Gasteiger partial charge >= 0.3 is 7.12 Å². The molecule has 1 aliphatic heterocycles. The Morgan fingerprint density at radius 1 is 0.864 bits per heavy atom. The molecule has 114 valence electrons. The van der Waals surface area contributed by atoms with Crippen molar-refractivity contribution in [1.29, 1.82) is 0 Å². The van der Waals surface area contributed by atoms with Crippen LogP contribution in [0.1, 0.15) is 27.7 Å². The van der Waals surface area contributed by atoms with E-state index in [-0.39, 0.29) is 18.3 Å². The Balaban J connectivity index is 1.91. The first kappa shape index (κ1) is 15.1. The van der Waals surface area contributed by atoms with Crippen molar-refractivity contribution < 1.29 is 9.31 Å². The maximum absolute atomic E-state index is 6.25. The van der Waals surface area contributed by atoms with E-state index in [0.717, 1.165) is 22.3 Å². The zero-order valence-corrected chi connectivity index (χ0v) is 13.6. The second-order valence-electron chi connectivity index (χ2n) is 6.80. The van der Waals surface area contributed by atoms with Gasteiger partial charge in [0.1, 0.15) is 0 Å². The molecule has 1 fully saturated rings. The van der Waals surface area contributed by atoms with E-state index in [1.54, 1.807) is 0 Å². The highest BCUT2D eigenvalue weighted by atomic mass is 16.7. The predicted molar refractivity (Wildman–Crippen MR) is 92.0 cm³/mol. The lowest BCUT2D eigenvalue weighted by Gasteiger charge is -2.32. The summed E-state index contributed by atoms with van der Waals surface area (Å²) in [5, 5.41) is 0. The summed E-state index contributed by atoms with van der Waals surface area (Å²) in [7, 11) is -0.378. The van der Waals surface area contributed by atoms with Crippen LogP contribution in [0.2, 0.25) is 0 Å². The quantitative estimate of drug-likeness (QED) is 0.683. The van der Waals surface area contributed by atoms with Crippen LogP contribution in [0.15, 0.2) is 48.5 Å². The topological polar surface area (TPSA) is 44.5 Å². The van der Waals surface area contributed by atoms with Gasteiger partial charge in [0.15, 0.2) is 0 Å². The molecule has 1 heterocycles. The molecule has 1 saturated heterocycles. The van der Waals surface area contributed by atoms with E-state index in [9.17, 15) is 0 Å². The lowest BCUT2D eigenvalue weighted by Crippen LogP contribution is -2.41. The average molecular weight is 295 g/mol. The van der Waals surface area contributed by atoms with E-state index < -0.39 is 0 Å². The molecule has 4 heteroatoms. The monoisotopic (exact) mass is 295 g/mol. The fraction of sp³-hybridized carbons (Fsp3) is 0.333. The summed E-state index contributed by atoms with van der Waals surface area (Å²) in [6.07, 6.45) is 0. The van der Waals surface area contributed by atoms with Crippen LogP contribution in [-0.4, -0.2) is 18.3 Å². The number of nitrogens with two attached hydrogens (primary N) is 1. The third-order valence-corrected chi connectivity index (χ3v) is 4.69. The number of rotatable bonds is 2. The summed E-state index contributed by atoms with van der Waals surface area (Å²) in [6, 6.07) is 16.1. The number of anilines is 1. The van der Waals surface area contributed by atoms with Gasteiger partial charge in [-0.2, -0.15) is 0 Å². The van der Waals surface area contributed by atoms with Crippen molar-refractivity contribution >= 4 is 18.3 Å². The maximum atomic E-state index is 6.25. The average Bonchev–Trinajstić information content (AvgIpc) is 2.68. The van der Waals surface area contributed by atoms with Crippen LogP contribution in [0.5, 0.6) is 0 Å². The Morgan fingerprint density at radius 2 is 1.45 bits per heavy atom. The van der Waals surface area contributed by atoms with Crippen molar-refractivity contribution in [2.75, 3.05) is 5.73 Å². The maximum Gasteiger partial charge on any atom is 0.494 e. The van der Waals surface area contributed by atoms with Gasteiger partial charge in [0.05, 0.1) is 11.2 Å². The minimum absolute atomic E-state index is 0.343. The summed E-state index contributed by atoms with van der Waals surface area (Å²) < 4.78 is 12.1. The van der Waals surface area contributed by atoms with Crippen molar-refractivity contribution in [2.45, 2.75) is 38.9 Å². The lowest BCUT2D eigenvalue weighted by atomic mass is 9.78. The summed E-state index contributed by atoms with van der Waals surface area (Å²) in [4.78, 5) is 0. The molecule has 0 saturated carbocycles. The molecule has 3 rings (SSSR count). The molecule has 22 heavy (non-hydrogen) atoms. The number of hydrogen-bond acceptors (Lipinski definition) is 3. The van der Waals surface area contributed by atoms with Gasteiger partial charge in [-0.25, -0.2) is 0 Å². The van der Waals surface area contributed by atoms with Crippen LogP contribution >= 0.6 is 0 Å². The Morgan fingerprint density at radius 3 is 2.00 bits per heavy atom. The molecule has 0 bridgehead atoms. The number of benzene rings is 2. The smallest absolute Gasteiger partial charge is 0.399 e. The normalized spacial score (nSPS) is 19.4. The third kappa shape index (κ3) is 2.53. The van der Waals surface area contributed by atoms with Crippen molar-refractivity contribution in [3.8, 4) is 11.1 Å². The van der Waals surface area contributed by atoms with Crippen molar-refractivity contribution in [2.24, 2.45) is 0 Å². The Bertz CT molecular complexity index is 667. The summed E-state index contributed by atoms with van der Waals surface area (Å²) >= 11 is 0. The Hall–Kier alpha value is -1.78. The van der Waals surface area contributed by atoms with Gasteiger partial charge in [-0.15, -0.1) is 0 Å². The number of hydrogen-bond donors (Lipinski definition) is 1. The molecule has 2 aromatic carbocycles. The minimum Gasteiger partial charge on any atom is -0.399 e. The van der Waals surface area contributed by atoms with Crippen LogP contribution in [0, 0.1) is 0 Å². The van der Waals surface area contributed by atoms with E-state index in [2.05, 4.69) is 39.8 Å². The van der Waals surface area contributed by atoms with Gasteiger partial charge < -0.3 is 15.0 Å². The molecule has 1 aliphatic rings. The summed E-state index contributed by atoms with van der Waals surface area (Å²) in [5.74, 6) is 0. The van der Waals surface area contributed by atoms with Gasteiger partial charge in [-0.05, 0) is 44.8 Å². The molecular formula is C18H22BNO2. The Labute approximate surface area is 132 Å². The van der Waals surface area contributed by atoms with Crippen LogP contribution in [0.25, 0.3) is 11.1 Å². The van der Waals surface area contributed by atoms with E-state index in [1.807, 2.05) is 36.4 Å². The first-order valence-electron chi connectivity index (χ1n) is 7.61. The molecule has 3 nitrogen and oxygen atoms in total. The van der Waals surface area contributed by atoms with Crippen LogP contribution in [0.3, 0.4) is 0 Å². The summed E-state index contributed by atoms with van der Waals surface area (Å²) in [6.45, 7) is 8.20. The predicted octanol–water partition coefficient (Wildman–Crippen LogP) is 3.24. The molecular weight excluding hydrogens is 273 g/mol. The number of nitrogen functional groups attached to an aromatic ring is 1. The first-order chi connectivity index (χ1) is 10.3. The van der Waals surface area contributed by atoms with Gasteiger partial charge in [0.2, 0.25) is 0 Å². The lowest BCUT2D eigenvalue weighted by molar-refractivity contribution is 0.00578. The molecule has 2 N–H and O–H groups in total. The van der Waals surface area contributed by atoms with Gasteiger partial charge in [0, 0.05) is 11.3 Å². The van der Waals surface area contributed by atoms with E-state index in [1.165, 1.54) is 0 Å². The third-order valence-electron chi connectivity index (χ3n) is 4.69. The summed E-state index contributed by atoms with van der Waals surface area (Å²) in [5.41, 5.74) is 9.39. The largest absolute Gasteiger partial charge is 0.494 e. The van der Waals surface area contributed by atoms with Crippen LogP contribution < -0.4 is 11.2 Å². The van der Waals surface area contributed by atoms with Gasteiger partial charge in [0.25, 0.3) is 0 Å². The Kier molecular flexibility index (Phi) is 3.54. The van der Waals surface area contributed by atoms with Crippen LogP contribution in [0.4, 0.5) is 5.69 Å². The van der Waals surface area contributed by atoms with Crippen molar-refractivity contribution in [3.63, 3.8) is 0 Å². The molecule has 0 radical (unpaired) electrons. The fourth-order valence-corrected chi connectivity index (χ4v) is 2.59. The SMILES string of the molecule is CC1(C)OB(c2ccc(-c3ccccc3)c(N)c2)OC1(C)C. The molecule has 0 spiro atoms. The van der Waals surface area contributed by atoms with Gasteiger partial charge in [-0.3, -0.25) is 0 Å². The van der Waals surface area contributed by atoms with Gasteiger partial charge in [-0.1, -0.05) is 42.5 Å². The van der Waals surface area contributed by atoms with Crippen molar-refractivity contribution in [3.05, 3.63) is 48.5 Å². The standard InChI is InChI=1S/C18H22BNO2/c1-17(2)18(3,4)22-19(21-17)14-10-11-15(16(20)12-14)13-8-6-5-7-9-13/h5-12H,20H2,1-4H3. The van der Waals surface area contributed by atoms with Crippen LogP contribution in [-0.2, 0) is 9.31 Å². The second kappa shape index (κ2) is 5.15. The van der Waals surface area contributed by atoms with E-state index in [0.29, 0.717) is 0 Å².